The van der Waals surface area contributed by atoms with Gasteiger partial charge >= 0.3 is 0 Å². The average Bonchev–Trinajstić information content (AvgIpc) is 2.91. The molecule has 0 atom stereocenters. The zero-order valence-electron chi connectivity index (χ0n) is 12.7. The molecule has 1 heterocycles. The summed E-state index contributed by atoms with van der Waals surface area (Å²) in [4.78, 5) is 13.6. The van der Waals surface area contributed by atoms with Crippen molar-refractivity contribution in [3.63, 3.8) is 0 Å². The van der Waals surface area contributed by atoms with Gasteiger partial charge in [-0.2, -0.15) is 5.10 Å². The normalized spacial score (nSPS) is 10.8. The number of carbonyl (C=O) groups is 1. The van der Waals surface area contributed by atoms with Crippen LogP contribution in [0.4, 0.5) is 5.69 Å². The predicted molar refractivity (Wildman–Crippen MR) is 87.7 cm³/mol. The van der Waals surface area contributed by atoms with Crippen molar-refractivity contribution in [1.82, 2.24) is 14.7 Å². The zero-order chi connectivity index (χ0) is 15.7. The van der Waals surface area contributed by atoms with Gasteiger partial charge in [-0.3, -0.25) is 9.48 Å². The number of fused-ring (bicyclic) bond motifs is 1. The molecule has 0 fully saturated rings. The first kappa shape index (κ1) is 14.1. The molecule has 3 rings (SSSR count). The maximum absolute atomic E-state index is 12.0. The second-order valence-electron chi connectivity index (χ2n) is 5.48. The maximum Gasteiger partial charge on any atom is 0.253 e. The lowest BCUT2D eigenvalue weighted by molar-refractivity contribution is 0.0827. The summed E-state index contributed by atoms with van der Waals surface area (Å²) in [7, 11) is 3.50. The molecular formula is C17H18N4O. The van der Waals surface area contributed by atoms with E-state index in [1.807, 2.05) is 47.1 Å². The molecule has 0 aliphatic carbocycles. The Hall–Kier alpha value is -2.82. The van der Waals surface area contributed by atoms with Gasteiger partial charge in [-0.25, -0.2) is 0 Å². The molecule has 0 aliphatic heterocycles. The summed E-state index contributed by atoms with van der Waals surface area (Å²) in [6, 6.07) is 13.4. The molecular weight excluding hydrogens is 276 g/mol. The number of nitrogens with two attached hydrogens (primary N) is 1. The second kappa shape index (κ2) is 5.52. The van der Waals surface area contributed by atoms with Gasteiger partial charge in [0.1, 0.15) is 0 Å². The summed E-state index contributed by atoms with van der Waals surface area (Å²) in [5.41, 5.74) is 9.38. The lowest BCUT2D eigenvalue weighted by Crippen LogP contribution is -2.21. The molecule has 2 aromatic carbocycles. The predicted octanol–water partition coefficient (Wildman–Crippen LogP) is 2.37. The number of rotatable bonds is 3. The smallest absolute Gasteiger partial charge is 0.253 e. The molecule has 0 unspecified atom stereocenters. The molecule has 5 nitrogen and oxygen atoms in total. The Kier molecular flexibility index (Phi) is 3.55. The number of carbonyl (C=O) groups excluding carboxylic acids is 1. The molecule has 112 valence electrons. The van der Waals surface area contributed by atoms with E-state index < -0.39 is 0 Å². The third-order valence-electron chi connectivity index (χ3n) is 3.63. The molecule has 2 N–H and O–H groups in total. The highest BCUT2D eigenvalue weighted by molar-refractivity contribution is 5.94. The molecule has 1 amide bonds. The standard InChI is InChI=1S/C17H18N4O/c1-20(2)17(22)13-6-3-5-12(9-13)11-21-16-8-4-7-15(18)14(16)10-19-21/h3-10H,11,18H2,1-2H3. The van der Waals surface area contributed by atoms with Gasteiger partial charge in [0, 0.05) is 30.7 Å². The van der Waals surface area contributed by atoms with Crippen LogP contribution in [0.25, 0.3) is 10.9 Å². The number of hydrogen-bond donors (Lipinski definition) is 1. The van der Waals surface area contributed by atoms with E-state index in [0.717, 1.165) is 22.2 Å². The van der Waals surface area contributed by atoms with E-state index in [4.69, 9.17) is 5.73 Å². The van der Waals surface area contributed by atoms with Gasteiger partial charge in [-0.15, -0.1) is 0 Å². The van der Waals surface area contributed by atoms with Crippen LogP contribution >= 0.6 is 0 Å². The van der Waals surface area contributed by atoms with Crippen LogP contribution in [0.2, 0.25) is 0 Å². The van der Waals surface area contributed by atoms with Crippen molar-refractivity contribution >= 4 is 22.5 Å². The molecule has 0 spiro atoms. The van der Waals surface area contributed by atoms with Crippen LogP contribution in [0.3, 0.4) is 0 Å². The van der Waals surface area contributed by atoms with E-state index in [9.17, 15) is 4.79 Å². The number of amides is 1. The number of nitrogen functional groups attached to an aromatic ring is 1. The number of benzene rings is 2. The molecule has 0 radical (unpaired) electrons. The lowest BCUT2D eigenvalue weighted by Gasteiger charge is -2.11. The van der Waals surface area contributed by atoms with Gasteiger partial charge in [-0.05, 0) is 29.8 Å². The topological polar surface area (TPSA) is 64.2 Å². The van der Waals surface area contributed by atoms with E-state index in [-0.39, 0.29) is 5.91 Å². The number of anilines is 1. The largest absolute Gasteiger partial charge is 0.398 e. The maximum atomic E-state index is 12.0. The third kappa shape index (κ3) is 2.53. The van der Waals surface area contributed by atoms with Crippen LogP contribution in [0.15, 0.2) is 48.7 Å². The summed E-state index contributed by atoms with van der Waals surface area (Å²) in [5.74, 6) is -0.00332. The van der Waals surface area contributed by atoms with Crippen LogP contribution < -0.4 is 5.73 Å². The zero-order valence-corrected chi connectivity index (χ0v) is 12.7. The molecule has 0 saturated carbocycles. The number of hydrogen-bond acceptors (Lipinski definition) is 3. The van der Waals surface area contributed by atoms with Crippen LogP contribution in [-0.2, 0) is 6.54 Å². The Morgan fingerprint density at radius 2 is 2.00 bits per heavy atom. The number of aromatic nitrogens is 2. The van der Waals surface area contributed by atoms with Gasteiger partial charge in [-0.1, -0.05) is 18.2 Å². The summed E-state index contributed by atoms with van der Waals surface area (Å²) in [6.45, 7) is 0.599. The minimum absolute atomic E-state index is 0.00332. The second-order valence-corrected chi connectivity index (χ2v) is 5.48. The highest BCUT2D eigenvalue weighted by atomic mass is 16.2. The molecule has 0 aliphatic rings. The monoisotopic (exact) mass is 294 g/mol. The van der Waals surface area contributed by atoms with Crippen molar-refractivity contribution in [3.05, 3.63) is 59.8 Å². The first-order chi connectivity index (χ1) is 10.6. The van der Waals surface area contributed by atoms with Gasteiger partial charge < -0.3 is 10.6 Å². The van der Waals surface area contributed by atoms with Crippen molar-refractivity contribution < 1.29 is 4.79 Å². The molecule has 3 aromatic rings. The Morgan fingerprint density at radius 3 is 2.77 bits per heavy atom. The number of nitrogens with zero attached hydrogens (tertiary/aromatic N) is 3. The summed E-state index contributed by atoms with van der Waals surface area (Å²) in [6.07, 6.45) is 1.78. The van der Waals surface area contributed by atoms with Crippen molar-refractivity contribution in [3.8, 4) is 0 Å². The van der Waals surface area contributed by atoms with Crippen LogP contribution in [-0.4, -0.2) is 34.7 Å². The molecule has 0 bridgehead atoms. The Labute approximate surface area is 128 Å². The van der Waals surface area contributed by atoms with Gasteiger partial charge in [0.15, 0.2) is 0 Å². The van der Waals surface area contributed by atoms with Crippen LogP contribution in [0, 0.1) is 0 Å². The van der Waals surface area contributed by atoms with Crippen LogP contribution in [0.1, 0.15) is 15.9 Å². The van der Waals surface area contributed by atoms with Crippen LogP contribution in [0.5, 0.6) is 0 Å². The quantitative estimate of drug-likeness (QED) is 0.754. The Bertz CT molecular complexity index is 836. The van der Waals surface area contributed by atoms with Gasteiger partial charge in [0.05, 0.1) is 18.3 Å². The van der Waals surface area contributed by atoms with Gasteiger partial charge in [0.25, 0.3) is 5.91 Å². The molecule has 1 aromatic heterocycles. The Morgan fingerprint density at radius 1 is 1.23 bits per heavy atom. The van der Waals surface area contributed by atoms with E-state index in [2.05, 4.69) is 5.10 Å². The van der Waals surface area contributed by atoms with E-state index in [0.29, 0.717) is 12.1 Å². The Balaban J connectivity index is 1.94. The van der Waals surface area contributed by atoms with E-state index >= 15 is 0 Å². The molecule has 5 heteroatoms. The average molecular weight is 294 g/mol. The van der Waals surface area contributed by atoms with Gasteiger partial charge in [0.2, 0.25) is 0 Å². The van der Waals surface area contributed by atoms with Crippen molar-refractivity contribution in [2.24, 2.45) is 0 Å². The fourth-order valence-corrected chi connectivity index (χ4v) is 2.49. The van der Waals surface area contributed by atoms with Crippen molar-refractivity contribution in [1.29, 1.82) is 0 Å². The SMILES string of the molecule is CN(C)C(=O)c1cccc(Cn2ncc3c(N)cccc32)c1. The summed E-state index contributed by atoms with van der Waals surface area (Å²) < 4.78 is 1.89. The summed E-state index contributed by atoms with van der Waals surface area (Å²) in [5, 5.41) is 5.35. The van der Waals surface area contributed by atoms with E-state index in [1.165, 1.54) is 0 Å². The highest BCUT2D eigenvalue weighted by Crippen LogP contribution is 2.21. The van der Waals surface area contributed by atoms with Crippen molar-refractivity contribution in [2.45, 2.75) is 6.54 Å². The van der Waals surface area contributed by atoms with Crippen molar-refractivity contribution in [2.75, 3.05) is 19.8 Å². The highest BCUT2D eigenvalue weighted by Gasteiger charge is 2.10. The van der Waals surface area contributed by atoms with E-state index in [1.54, 1.807) is 25.2 Å². The fraction of sp³-hybridized carbons (Fsp3) is 0.176. The first-order valence-electron chi connectivity index (χ1n) is 7.07. The first-order valence-corrected chi connectivity index (χ1v) is 7.07. The fourth-order valence-electron chi connectivity index (χ4n) is 2.49. The summed E-state index contributed by atoms with van der Waals surface area (Å²) >= 11 is 0. The lowest BCUT2D eigenvalue weighted by atomic mass is 10.1. The molecule has 22 heavy (non-hydrogen) atoms. The minimum Gasteiger partial charge on any atom is -0.398 e. The molecule has 0 saturated heterocycles. The minimum atomic E-state index is -0.00332. The third-order valence-corrected chi connectivity index (χ3v) is 3.63.